The van der Waals surface area contributed by atoms with Crippen LogP contribution in [-0.2, 0) is 0 Å². The van der Waals surface area contributed by atoms with Crippen molar-refractivity contribution >= 4 is 28.9 Å². The minimum Gasteiger partial charge on any atom is -0.340 e. The molecule has 2 amide bonds. The number of halogens is 1. The van der Waals surface area contributed by atoms with Crippen LogP contribution in [-0.4, -0.2) is 25.6 Å². The van der Waals surface area contributed by atoms with Gasteiger partial charge in [-0.3, -0.25) is 4.57 Å². The Morgan fingerprint density at radius 1 is 0.967 bits per heavy atom. The third kappa shape index (κ3) is 4.76. The zero-order valence-electron chi connectivity index (χ0n) is 16.0. The van der Waals surface area contributed by atoms with Crippen molar-refractivity contribution in [2.75, 3.05) is 16.0 Å². The van der Waals surface area contributed by atoms with Crippen molar-refractivity contribution in [2.45, 2.75) is 6.92 Å². The van der Waals surface area contributed by atoms with Crippen LogP contribution in [0, 0.1) is 12.7 Å². The second-order valence-corrected chi connectivity index (χ2v) is 6.42. The number of aromatic nitrogens is 4. The number of amides is 2. The summed E-state index contributed by atoms with van der Waals surface area (Å²) >= 11 is 0. The van der Waals surface area contributed by atoms with E-state index in [4.69, 9.17) is 0 Å². The van der Waals surface area contributed by atoms with Gasteiger partial charge in [0.15, 0.2) is 0 Å². The van der Waals surface area contributed by atoms with E-state index in [2.05, 4.69) is 30.9 Å². The van der Waals surface area contributed by atoms with Crippen LogP contribution in [0.3, 0.4) is 0 Å². The van der Waals surface area contributed by atoms with E-state index in [-0.39, 0.29) is 0 Å². The number of benzene rings is 2. The molecular formula is C21H18FN7O. The Kier molecular flexibility index (Phi) is 5.33. The van der Waals surface area contributed by atoms with Crippen LogP contribution in [0.25, 0.3) is 5.82 Å². The van der Waals surface area contributed by atoms with Gasteiger partial charge in [-0.25, -0.2) is 24.1 Å². The maximum atomic E-state index is 13.2. The Morgan fingerprint density at radius 2 is 1.73 bits per heavy atom. The van der Waals surface area contributed by atoms with Gasteiger partial charge in [-0.2, -0.15) is 0 Å². The van der Waals surface area contributed by atoms with Gasteiger partial charge in [0.05, 0.1) is 0 Å². The van der Waals surface area contributed by atoms with Gasteiger partial charge in [-0.1, -0.05) is 6.07 Å². The number of imidazole rings is 1. The largest absolute Gasteiger partial charge is 0.340 e. The first kappa shape index (κ1) is 19.1. The Morgan fingerprint density at radius 3 is 2.47 bits per heavy atom. The molecule has 2 aromatic carbocycles. The van der Waals surface area contributed by atoms with E-state index in [1.807, 2.05) is 25.1 Å². The molecule has 0 atom stereocenters. The fourth-order valence-corrected chi connectivity index (χ4v) is 2.79. The number of nitrogens with one attached hydrogen (secondary N) is 3. The van der Waals surface area contributed by atoms with Crippen molar-refractivity contribution < 1.29 is 9.18 Å². The van der Waals surface area contributed by atoms with Gasteiger partial charge < -0.3 is 16.0 Å². The Balaban J connectivity index is 1.41. The Hall–Kier alpha value is -4.27. The minimum atomic E-state index is -0.460. The van der Waals surface area contributed by atoms with E-state index in [1.54, 1.807) is 41.5 Å². The van der Waals surface area contributed by atoms with E-state index >= 15 is 0 Å². The lowest BCUT2D eigenvalue weighted by molar-refractivity contribution is 0.262. The maximum absolute atomic E-state index is 13.2. The number of hydrogen-bond acceptors (Lipinski definition) is 5. The average Bonchev–Trinajstić information content (AvgIpc) is 3.24. The number of hydrogen-bond donors (Lipinski definition) is 3. The molecule has 0 spiro atoms. The molecule has 9 heteroatoms. The van der Waals surface area contributed by atoms with Crippen molar-refractivity contribution in [3.8, 4) is 5.82 Å². The topological polar surface area (TPSA) is 96.8 Å². The molecule has 0 aliphatic carbocycles. The molecule has 0 bridgehead atoms. The van der Waals surface area contributed by atoms with Crippen LogP contribution in [0.5, 0.6) is 0 Å². The van der Waals surface area contributed by atoms with Crippen molar-refractivity contribution in [3.05, 3.63) is 85.0 Å². The van der Waals surface area contributed by atoms with Gasteiger partial charge in [0.25, 0.3) is 0 Å². The number of carbonyl (C=O) groups is 1. The fraction of sp³-hybridized carbons (Fsp3) is 0.0476. The molecule has 4 aromatic rings. The number of urea groups is 1. The molecule has 150 valence electrons. The van der Waals surface area contributed by atoms with E-state index in [0.717, 1.165) is 5.69 Å². The van der Waals surface area contributed by atoms with Crippen LogP contribution in [0.15, 0.2) is 73.3 Å². The second-order valence-electron chi connectivity index (χ2n) is 6.42. The summed E-state index contributed by atoms with van der Waals surface area (Å²) < 4.78 is 15.0. The van der Waals surface area contributed by atoms with Crippen LogP contribution in [0.4, 0.5) is 32.1 Å². The number of nitrogens with zero attached hydrogens (tertiary/aromatic N) is 4. The molecule has 2 heterocycles. The highest BCUT2D eigenvalue weighted by Crippen LogP contribution is 2.20. The number of rotatable bonds is 5. The van der Waals surface area contributed by atoms with E-state index in [9.17, 15) is 9.18 Å². The van der Waals surface area contributed by atoms with Crippen molar-refractivity contribution in [1.29, 1.82) is 0 Å². The highest BCUT2D eigenvalue weighted by molar-refractivity contribution is 5.99. The lowest BCUT2D eigenvalue weighted by Gasteiger charge is -2.11. The summed E-state index contributed by atoms with van der Waals surface area (Å²) in [7, 11) is 0. The third-order valence-corrected chi connectivity index (χ3v) is 4.09. The molecule has 0 saturated heterocycles. The molecule has 4 rings (SSSR count). The number of anilines is 4. The summed E-state index contributed by atoms with van der Waals surface area (Å²) in [5, 5.41) is 8.50. The van der Waals surface area contributed by atoms with Crippen molar-refractivity contribution in [2.24, 2.45) is 0 Å². The van der Waals surface area contributed by atoms with Crippen LogP contribution in [0.1, 0.15) is 5.82 Å². The molecule has 0 aliphatic rings. The van der Waals surface area contributed by atoms with Crippen molar-refractivity contribution in [1.82, 2.24) is 19.5 Å². The molecule has 8 nitrogen and oxygen atoms in total. The first-order valence-electron chi connectivity index (χ1n) is 9.10. The second kappa shape index (κ2) is 8.39. The molecule has 0 saturated carbocycles. The Bertz CT molecular complexity index is 1160. The summed E-state index contributed by atoms with van der Waals surface area (Å²) in [4.78, 5) is 24.9. The highest BCUT2D eigenvalue weighted by Gasteiger charge is 2.06. The van der Waals surface area contributed by atoms with Gasteiger partial charge in [-0.05, 0) is 49.4 Å². The van der Waals surface area contributed by atoms with Gasteiger partial charge in [0, 0.05) is 35.5 Å². The lowest BCUT2D eigenvalue weighted by Crippen LogP contribution is -2.19. The zero-order chi connectivity index (χ0) is 20.9. The summed E-state index contributed by atoms with van der Waals surface area (Å²) in [5.74, 6) is 1.54. The van der Waals surface area contributed by atoms with E-state index in [1.165, 1.54) is 18.2 Å². The summed E-state index contributed by atoms with van der Waals surface area (Å²) in [6.45, 7) is 1.82. The molecule has 0 aliphatic heterocycles. The Labute approximate surface area is 171 Å². The van der Waals surface area contributed by atoms with Gasteiger partial charge >= 0.3 is 6.03 Å². The van der Waals surface area contributed by atoms with Crippen molar-refractivity contribution in [3.63, 3.8) is 0 Å². The molecule has 2 aromatic heterocycles. The van der Waals surface area contributed by atoms with Crippen LogP contribution >= 0.6 is 0 Å². The van der Waals surface area contributed by atoms with Gasteiger partial charge in [0.1, 0.15) is 29.6 Å². The summed E-state index contributed by atoms with van der Waals surface area (Å²) in [6.07, 6.45) is 5.16. The standard InChI is InChI=1S/C21H18FN7O/c1-14-24-19(12-20(25-14)29-10-9-23-13-29)26-16-5-7-17(8-6-16)27-21(30)28-18-4-2-3-15(22)11-18/h2-13H,1H3,(H,24,25,26)(H2,27,28,30). The average molecular weight is 403 g/mol. The lowest BCUT2D eigenvalue weighted by atomic mass is 10.2. The molecule has 0 unspecified atom stereocenters. The highest BCUT2D eigenvalue weighted by atomic mass is 19.1. The fourth-order valence-electron chi connectivity index (χ4n) is 2.79. The molecule has 3 N–H and O–H groups in total. The van der Waals surface area contributed by atoms with E-state index < -0.39 is 11.8 Å². The quantitative estimate of drug-likeness (QED) is 0.456. The van der Waals surface area contributed by atoms with E-state index in [0.29, 0.717) is 28.8 Å². The van der Waals surface area contributed by atoms with Crippen LogP contribution < -0.4 is 16.0 Å². The number of aryl methyl sites for hydroxylation is 1. The molecule has 0 fully saturated rings. The minimum absolute atomic E-state index is 0.374. The predicted octanol–water partition coefficient (Wildman–Crippen LogP) is 4.50. The monoisotopic (exact) mass is 403 g/mol. The summed E-state index contributed by atoms with van der Waals surface area (Å²) in [5.41, 5.74) is 1.76. The first-order chi connectivity index (χ1) is 14.5. The van der Waals surface area contributed by atoms with Gasteiger partial charge in [-0.15, -0.1) is 0 Å². The van der Waals surface area contributed by atoms with Gasteiger partial charge in [0.2, 0.25) is 0 Å². The molecule has 30 heavy (non-hydrogen) atoms. The predicted molar refractivity (Wildman–Crippen MR) is 113 cm³/mol. The van der Waals surface area contributed by atoms with Crippen LogP contribution in [0.2, 0.25) is 0 Å². The zero-order valence-corrected chi connectivity index (χ0v) is 16.0. The smallest absolute Gasteiger partial charge is 0.323 e. The molecule has 0 radical (unpaired) electrons. The SMILES string of the molecule is Cc1nc(Nc2ccc(NC(=O)Nc3cccc(F)c3)cc2)cc(-n2ccnc2)n1. The molecular weight excluding hydrogens is 385 g/mol. The maximum Gasteiger partial charge on any atom is 0.323 e. The number of carbonyl (C=O) groups excluding carboxylic acids is 1. The normalized spacial score (nSPS) is 10.5. The third-order valence-electron chi connectivity index (χ3n) is 4.09. The first-order valence-corrected chi connectivity index (χ1v) is 9.10. The summed E-state index contributed by atoms with van der Waals surface area (Å²) in [6, 6.07) is 14.2.